The molecule has 1 saturated heterocycles. The number of hydrogen-bond donors (Lipinski definition) is 3. The fraction of sp³-hybridized carbons (Fsp3) is 0.462. The molecule has 0 radical (unpaired) electrons. The number of carboxylic acid groups (broad SMARTS) is 1. The van der Waals surface area contributed by atoms with Crippen molar-refractivity contribution in [3.8, 4) is 0 Å². The molecule has 2 rings (SSSR count). The van der Waals surface area contributed by atoms with E-state index in [0.717, 1.165) is 19.5 Å². The van der Waals surface area contributed by atoms with E-state index >= 15 is 0 Å². The van der Waals surface area contributed by atoms with Crippen LogP contribution in [0.25, 0.3) is 0 Å². The number of carbonyl (C=O) groups is 2. The lowest BCUT2D eigenvalue weighted by molar-refractivity contribution is -0.136. The van der Waals surface area contributed by atoms with Crippen molar-refractivity contribution in [3.05, 3.63) is 24.0 Å². The van der Waals surface area contributed by atoms with Crippen LogP contribution in [-0.2, 0) is 16.0 Å². The van der Waals surface area contributed by atoms with Crippen molar-refractivity contribution in [2.75, 3.05) is 18.4 Å². The molecule has 1 aromatic rings. The first-order valence-corrected chi connectivity index (χ1v) is 6.31. The summed E-state index contributed by atoms with van der Waals surface area (Å²) in [6, 6.07) is 3.29. The molecule has 2 heterocycles. The molecule has 1 aromatic heterocycles. The van der Waals surface area contributed by atoms with Crippen molar-refractivity contribution in [1.82, 2.24) is 10.3 Å². The average Bonchev–Trinajstić information content (AvgIpc) is 2.83. The van der Waals surface area contributed by atoms with Crippen LogP contribution in [0, 0.1) is 5.92 Å². The lowest BCUT2D eigenvalue weighted by atomic mass is 10.0. The van der Waals surface area contributed by atoms with Crippen LogP contribution in [-0.4, -0.2) is 35.1 Å². The summed E-state index contributed by atoms with van der Waals surface area (Å²) in [6.45, 7) is 1.87. The maximum Gasteiger partial charge on any atom is 0.309 e. The van der Waals surface area contributed by atoms with Crippen molar-refractivity contribution >= 4 is 17.6 Å². The van der Waals surface area contributed by atoms with Gasteiger partial charge in [-0.2, -0.15) is 0 Å². The molecule has 1 fully saturated rings. The van der Waals surface area contributed by atoms with E-state index in [1.807, 2.05) is 0 Å². The van der Waals surface area contributed by atoms with Crippen LogP contribution in [0.15, 0.2) is 18.3 Å². The summed E-state index contributed by atoms with van der Waals surface area (Å²) >= 11 is 0. The van der Waals surface area contributed by atoms with Gasteiger partial charge < -0.3 is 15.7 Å². The first-order valence-electron chi connectivity index (χ1n) is 6.31. The molecule has 1 amide bonds. The molecule has 3 N–H and O–H groups in total. The molecular weight excluding hydrogens is 246 g/mol. The SMILES string of the molecule is O=C(O)Cc1ccc(NC(=O)CC2CCNC2)cn1. The Labute approximate surface area is 111 Å². The van der Waals surface area contributed by atoms with Gasteiger partial charge in [-0.3, -0.25) is 14.6 Å². The molecule has 0 saturated carbocycles. The molecule has 1 aliphatic heterocycles. The van der Waals surface area contributed by atoms with Gasteiger partial charge in [-0.25, -0.2) is 0 Å². The van der Waals surface area contributed by atoms with E-state index in [1.54, 1.807) is 12.1 Å². The van der Waals surface area contributed by atoms with E-state index in [0.29, 0.717) is 23.7 Å². The van der Waals surface area contributed by atoms with Crippen LogP contribution in [0.2, 0.25) is 0 Å². The van der Waals surface area contributed by atoms with Crippen LogP contribution >= 0.6 is 0 Å². The summed E-state index contributed by atoms with van der Waals surface area (Å²) in [5.74, 6) is -0.543. The summed E-state index contributed by atoms with van der Waals surface area (Å²) in [6.07, 6.45) is 2.91. The number of rotatable bonds is 5. The van der Waals surface area contributed by atoms with E-state index in [2.05, 4.69) is 15.6 Å². The highest BCUT2D eigenvalue weighted by atomic mass is 16.4. The van der Waals surface area contributed by atoms with Gasteiger partial charge in [0.15, 0.2) is 0 Å². The highest BCUT2D eigenvalue weighted by Crippen LogP contribution is 2.14. The molecule has 102 valence electrons. The maximum absolute atomic E-state index is 11.8. The van der Waals surface area contributed by atoms with E-state index in [9.17, 15) is 9.59 Å². The van der Waals surface area contributed by atoms with Gasteiger partial charge in [0, 0.05) is 6.42 Å². The molecule has 19 heavy (non-hydrogen) atoms. The number of amides is 1. The highest BCUT2D eigenvalue weighted by molar-refractivity contribution is 5.90. The van der Waals surface area contributed by atoms with Crippen molar-refractivity contribution in [3.63, 3.8) is 0 Å². The minimum atomic E-state index is -0.919. The third-order valence-electron chi connectivity index (χ3n) is 3.08. The smallest absolute Gasteiger partial charge is 0.309 e. The second-order valence-electron chi connectivity index (χ2n) is 4.72. The quantitative estimate of drug-likeness (QED) is 0.725. The van der Waals surface area contributed by atoms with Gasteiger partial charge in [0.25, 0.3) is 0 Å². The van der Waals surface area contributed by atoms with Crippen molar-refractivity contribution in [1.29, 1.82) is 0 Å². The predicted molar refractivity (Wildman–Crippen MR) is 69.8 cm³/mol. The maximum atomic E-state index is 11.8. The Bertz CT molecular complexity index is 453. The Morgan fingerprint density at radius 1 is 1.47 bits per heavy atom. The summed E-state index contributed by atoms with van der Waals surface area (Å²) in [5, 5.41) is 14.6. The van der Waals surface area contributed by atoms with Crippen LogP contribution in [0.3, 0.4) is 0 Å². The van der Waals surface area contributed by atoms with Gasteiger partial charge in [0.05, 0.1) is 24.0 Å². The summed E-state index contributed by atoms with van der Waals surface area (Å²) in [7, 11) is 0. The number of hydrogen-bond acceptors (Lipinski definition) is 4. The molecule has 1 aliphatic rings. The van der Waals surface area contributed by atoms with E-state index < -0.39 is 5.97 Å². The number of aliphatic carboxylic acids is 1. The summed E-state index contributed by atoms with van der Waals surface area (Å²) in [5.41, 5.74) is 1.08. The second kappa shape index (κ2) is 6.29. The third-order valence-corrected chi connectivity index (χ3v) is 3.08. The molecule has 6 heteroatoms. The van der Waals surface area contributed by atoms with Gasteiger partial charge in [-0.05, 0) is 37.6 Å². The van der Waals surface area contributed by atoms with Crippen molar-refractivity contribution in [2.24, 2.45) is 5.92 Å². The topological polar surface area (TPSA) is 91.3 Å². The number of nitrogens with one attached hydrogen (secondary N) is 2. The molecule has 0 aliphatic carbocycles. The molecule has 0 aromatic carbocycles. The number of pyridine rings is 1. The van der Waals surface area contributed by atoms with Crippen LogP contribution < -0.4 is 10.6 Å². The van der Waals surface area contributed by atoms with Crippen LogP contribution in [0.5, 0.6) is 0 Å². The van der Waals surface area contributed by atoms with Gasteiger partial charge >= 0.3 is 5.97 Å². The van der Waals surface area contributed by atoms with Gasteiger partial charge in [-0.15, -0.1) is 0 Å². The lowest BCUT2D eigenvalue weighted by Crippen LogP contribution is -2.18. The lowest BCUT2D eigenvalue weighted by Gasteiger charge is -2.09. The fourth-order valence-corrected chi connectivity index (χ4v) is 2.12. The third kappa shape index (κ3) is 4.33. The number of aromatic nitrogens is 1. The number of carbonyl (C=O) groups excluding carboxylic acids is 1. The zero-order valence-electron chi connectivity index (χ0n) is 10.6. The number of nitrogens with zero attached hydrogens (tertiary/aromatic N) is 1. The summed E-state index contributed by atoms with van der Waals surface area (Å²) < 4.78 is 0. The molecule has 6 nitrogen and oxygen atoms in total. The Kier molecular flexibility index (Phi) is 4.46. The largest absolute Gasteiger partial charge is 0.481 e. The van der Waals surface area contributed by atoms with Gasteiger partial charge in [0.2, 0.25) is 5.91 Å². The number of carboxylic acids is 1. The minimum absolute atomic E-state index is 0.0264. The van der Waals surface area contributed by atoms with E-state index in [-0.39, 0.29) is 12.3 Å². The highest BCUT2D eigenvalue weighted by Gasteiger charge is 2.18. The summed E-state index contributed by atoms with van der Waals surface area (Å²) in [4.78, 5) is 26.3. The molecule has 1 atom stereocenters. The second-order valence-corrected chi connectivity index (χ2v) is 4.72. The zero-order chi connectivity index (χ0) is 13.7. The molecule has 0 bridgehead atoms. The minimum Gasteiger partial charge on any atom is -0.481 e. The Hall–Kier alpha value is -1.95. The Morgan fingerprint density at radius 2 is 2.32 bits per heavy atom. The van der Waals surface area contributed by atoms with Gasteiger partial charge in [0.1, 0.15) is 0 Å². The Morgan fingerprint density at radius 3 is 2.89 bits per heavy atom. The van der Waals surface area contributed by atoms with Crippen LogP contribution in [0.4, 0.5) is 5.69 Å². The molecule has 0 spiro atoms. The standard InChI is InChI=1S/C13H17N3O3/c17-12(5-9-3-4-14-7-9)16-11-2-1-10(15-8-11)6-13(18)19/h1-2,8-9,14H,3-7H2,(H,16,17)(H,18,19). The monoisotopic (exact) mass is 263 g/mol. The Balaban J connectivity index is 1.84. The average molecular weight is 263 g/mol. The number of anilines is 1. The van der Waals surface area contributed by atoms with Gasteiger partial charge in [-0.1, -0.05) is 0 Å². The van der Waals surface area contributed by atoms with E-state index in [4.69, 9.17) is 5.11 Å². The predicted octanol–water partition coefficient (Wildman–Crippen LogP) is 0.647. The van der Waals surface area contributed by atoms with Crippen LogP contribution in [0.1, 0.15) is 18.5 Å². The normalized spacial score (nSPS) is 18.2. The fourth-order valence-electron chi connectivity index (χ4n) is 2.12. The van der Waals surface area contributed by atoms with Crippen molar-refractivity contribution in [2.45, 2.75) is 19.3 Å². The first kappa shape index (κ1) is 13.5. The van der Waals surface area contributed by atoms with Crippen molar-refractivity contribution < 1.29 is 14.7 Å². The first-order chi connectivity index (χ1) is 9.13. The molecule has 1 unspecified atom stereocenters. The zero-order valence-corrected chi connectivity index (χ0v) is 10.6. The molecular formula is C13H17N3O3. The van der Waals surface area contributed by atoms with E-state index in [1.165, 1.54) is 6.20 Å².